The molecule has 0 aliphatic carbocycles. The molecule has 0 amide bonds. The molecule has 0 aliphatic rings. The highest BCUT2D eigenvalue weighted by Gasteiger charge is 2.11. The van der Waals surface area contributed by atoms with E-state index in [4.69, 9.17) is 4.42 Å². The third kappa shape index (κ3) is 4.52. The molecule has 17 heavy (non-hydrogen) atoms. The molecule has 3 heteroatoms. The molecule has 0 aliphatic heterocycles. The van der Waals surface area contributed by atoms with Crippen molar-refractivity contribution < 1.29 is 4.42 Å². The van der Waals surface area contributed by atoms with E-state index in [1.165, 1.54) is 5.56 Å². The fourth-order valence-corrected chi connectivity index (χ4v) is 2.07. The largest absolute Gasteiger partial charge is 0.465 e. The molecule has 0 bridgehead atoms. The molecule has 98 valence electrons. The summed E-state index contributed by atoms with van der Waals surface area (Å²) < 4.78 is 5.72. The Kier molecular flexibility index (Phi) is 5.72. The van der Waals surface area contributed by atoms with Gasteiger partial charge in [-0.15, -0.1) is 0 Å². The fourth-order valence-electron chi connectivity index (χ4n) is 2.07. The number of nitrogens with zero attached hydrogens (tertiary/aromatic N) is 1. The third-order valence-corrected chi connectivity index (χ3v) is 2.89. The van der Waals surface area contributed by atoms with Crippen LogP contribution in [0, 0.1) is 12.8 Å². The van der Waals surface area contributed by atoms with Crippen LogP contribution >= 0.6 is 0 Å². The average Bonchev–Trinajstić information content (AvgIpc) is 2.58. The molecule has 0 spiro atoms. The number of rotatable bonds is 7. The van der Waals surface area contributed by atoms with E-state index in [-0.39, 0.29) is 0 Å². The van der Waals surface area contributed by atoms with Gasteiger partial charge < -0.3 is 9.73 Å². The van der Waals surface area contributed by atoms with Crippen molar-refractivity contribution in [2.24, 2.45) is 5.92 Å². The maximum atomic E-state index is 5.72. The van der Waals surface area contributed by atoms with Gasteiger partial charge in [-0.3, -0.25) is 4.90 Å². The van der Waals surface area contributed by atoms with Crippen molar-refractivity contribution in [2.75, 3.05) is 20.1 Å². The molecule has 3 nitrogen and oxygen atoms in total. The molecular formula is C14H26N2O. The highest BCUT2D eigenvalue weighted by atomic mass is 16.3. The lowest BCUT2D eigenvalue weighted by molar-refractivity contribution is 0.247. The van der Waals surface area contributed by atoms with Crippen molar-refractivity contribution >= 4 is 0 Å². The maximum Gasteiger partial charge on any atom is 0.118 e. The molecule has 0 fully saturated rings. The van der Waals surface area contributed by atoms with Gasteiger partial charge in [0, 0.05) is 18.7 Å². The standard InChI is InChI=1S/C14H26N2O/c1-6-16(9-11(2)3)10-13-7-14(8-15-5)17-12(13)4/h7,11,15H,6,8-10H2,1-5H3. The Bertz CT molecular complexity index is 331. The van der Waals surface area contributed by atoms with Crippen molar-refractivity contribution in [1.29, 1.82) is 0 Å². The minimum absolute atomic E-state index is 0.707. The first-order valence-corrected chi connectivity index (χ1v) is 6.51. The van der Waals surface area contributed by atoms with Crippen LogP contribution in [0.5, 0.6) is 0 Å². The van der Waals surface area contributed by atoms with Crippen LogP contribution in [0.25, 0.3) is 0 Å². The van der Waals surface area contributed by atoms with E-state index in [2.05, 4.69) is 44.0 Å². The van der Waals surface area contributed by atoms with Crippen molar-refractivity contribution in [3.63, 3.8) is 0 Å². The van der Waals surface area contributed by atoms with Crippen LogP contribution in [0.1, 0.15) is 37.9 Å². The predicted molar refractivity (Wildman–Crippen MR) is 72.0 cm³/mol. The molecule has 0 aromatic carbocycles. The number of hydrogen-bond donors (Lipinski definition) is 1. The Morgan fingerprint density at radius 3 is 2.65 bits per heavy atom. The minimum Gasteiger partial charge on any atom is -0.465 e. The quantitative estimate of drug-likeness (QED) is 0.792. The van der Waals surface area contributed by atoms with Crippen LogP contribution in [-0.4, -0.2) is 25.0 Å². The van der Waals surface area contributed by atoms with Gasteiger partial charge in [0.2, 0.25) is 0 Å². The third-order valence-electron chi connectivity index (χ3n) is 2.89. The summed E-state index contributed by atoms with van der Waals surface area (Å²) in [7, 11) is 1.94. The molecular weight excluding hydrogens is 212 g/mol. The lowest BCUT2D eigenvalue weighted by atomic mass is 10.1. The van der Waals surface area contributed by atoms with E-state index >= 15 is 0 Å². The van der Waals surface area contributed by atoms with Crippen molar-refractivity contribution in [3.05, 3.63) is 23.2 Å². The molecule has 0 saturated heterocycles. The van der Waals surface area contributed by atoms with E-state index < -0.39 is 0 Å². The highest BCUT2D eigenvalue weighted by molar-refractivity contribution is 5.20. The van der Waals surface area contributed by atoms with Crippen LogP contribution in [0.4, 0.5) is 0 Å². The number of hydrogen-bond acceptors (Lipinski definition) is 3. The molecule has 0 radical (unpaired) electrons. The van der Waals surface area contributed by atoms with Gasteiger partial charge in [-0.05, 0) is 32.5 Å². The summed E-state index contributed by atoms with van der Waals surface area (Å²) in [6, 6.07) is 2.18. The first-order chi connectivity index (χ1) is 8.06. The van der Waals surface area contributed by atoms with E-state index in [0.29, 0.717) is 5.92 Å². The Hall–Kier alpha value is -0.800. The molecule has 1 aromatic heterocycles. The highest BCUT2D eigenvalue weighted by Crippen LogP contribution is 2.17. The van der Waals surface area contributed by atoms with E-state index in [9.17, 15) is 0 Å². The first kappa shape index (κ1) is 14.3. The lowest BCUT2D eigenvalue weighted by Gasteiger charge is -2.22. The van der Waals surface area contributed by atoms with Gasteiger partial charge in [0.25, 0.3) is 0 Å². The predicted octanol–water partition coefficient (Wildman–Crippen LogP) is 2.79. The Labute approximate surface area is 105 Å². The van der Waals surface area contributed by atoms with Gasteiger partial charge in [0.15, 0.2) is 0 Å². The molecule has 0 atom stereocenters. The number of nitrogens with one attached hydrogen (secondary N) is 1. The number of aryl methyl sites for hydroxylation is 1. The molecule has 1 N–H and O–H groups in total. The second kappa shape index (κ2) is 6.82. The lowest BCUT2D eigenvalue weighted by Crippen LogP contribution is -2.27. The zero-order valence-electron chi connectivity index (χ0n) is 11.8. The summed E-state index contributed by atoms with van der Waals surface area (Å²) in [6.07, 6.45) is 0. The van der Waals surface area contributed by atoms with Crippen molar-refractivity contribution in [2.45, 2.75) is 40.8 Å². The molecule has 1 rings (SSSR count). The fraction of sp³-hybridized carbons (Fsp3) is 0.714. The Morgan fingerprint density at radius 1 is 1.41 bits per heavy atom. The molecule has 0 unspecified atom stereocenters. The van der Waals surface area contributed by atoms with E-state index in [1.807, 2.05) is 7.05 Å². The number of furan rings is 1. The summed E-state index contributed by atoms with van der Waals surface area (Å²) in [5, 5.41) is 3.12. The second-order valence-electron chi connectivity index (χ2n) is 5.05. The Morgan fingerprint density at radius 2 is 2.12 bits per heavy atom. The van der Waals surface area contributed by atoms with E-state index in [1.54, 1.807) is 0 Å². The van der Waals surface area contributed by atoms with Gasteiger partial charge >= 0.3 is 0 Å². The summed E-state index contributed by atoms with van der Waals surface area (Å²) in [4.78, 5) is 2.46. The average molecular weight is 238 g/mol. The van der Waals surface area contributed by atoms with Gasteiger partial charge in [-0.2, -0.15) is 0 Å². The second-order valence-corrected chi connectivity index (χ2v) is 5.05. The van der Waals surface area contributed by atoms with Crippen molar-refractivity contribution in [3.8, 4) is 0 Å². The van der Waals surface area contributed by atoms with E-state index in [0.717, 1.165) is 37.7 Å². The van der Waals surface area contributed by atoms with Crippen LogP contribution in [-0.2, 0) is 13.1 Å². The molecule has 0 saturated carbocycles. The van der Waals surface area contributed by atoms with Crippen LogP contribution in [0.3, 0.4) is 0 Å². The van der Waals surface area contributed by atoms with Gasteiger partial charge in [0.05, 0.1) is 6.54 Å². The smallest absolute Gasteiger partial charge is 0.118 e. The van der Waals surface area contributed by atoms with Crippen molar-refractivity contribution in [1.82, 2.24) is 10.2 Å². The zero-order chi connectivity index (χ0) is 12.8. The monoisotopic (exact) mass is 238 g/mol. The van der Waals surface area contributed by atoms with Crippen LogP contribution in [0.2, 0.25) is 0 Å². The zero-order valence-corrected chi connectivity index (χ0v) is 11.8. The molecule has 1 aromatic rings. The molecule has 1 heterocycles. The normalized spacial score (nSPS) is 11.7. The SMILES string of the molecule is CCN(Cc1cc(CNC)oc1C)CC(C)C. The topological polar surface area (TPSA) is 28.4 Å². The summed E-state index contributed by atoms with van der Waals surface area (Å²) in [6.45, 7) is 12.8. The maximum absolute atomic E-state index is 5.72. The van der Waals surface area contributed by atoms with Crippen LogP contribution in [0.15, 0.2) is 10.5 Å². The first-order valence-electron chi connectivity index (χ1n) is 6.51. The Balaban J connectivity index is 2.65. The summed E-state index contributed by atoms with van der Waals surface area (Å²) in [5.41, 5.74) is 1.32. The summed E-state index contributed by atoms with van der Waals surface area (Å²) in [5.74, 6) is 2.79. The van der Waals surface area contributed by atoms with Gasteiger partial charge in [-0.1, -0.05) is 20.8 Å². The van der Waals surface area contributed by atoms with Crippen LogP contribution < -0.4 is 5.32 Å². The summed E-state index contributed by atoms with van der Waals surface area (Å²) >= 11 is 0. The minimum atomic E-state index is 0.707. The van der Waals surface area contributed by atoms with Gasteiger partial charge in [-0.25, -0.2) is 0 Å². The van der Waals surface area contributed by atoms with Gasteiger partial charge in [0.1, 0.15) is 11.5 Å².